The van der Waals surface area contributed by atoms with Crippen molar-refractivity contribution < 1.29 is 32.6 Å². The van der Waals surface area contributed by atoms with Gasteiger partial charge in [0, 0.05) is 5.69 Å². The second-order valence-electron chi connectivity index (χ2n) is 4.88. The van der Waals surface area contributed by atoms with Crippen LogP contribution >= 0.6 is 0 Å². The fourth-order valence-electron chi connectivity index (χ4n) is 1.94. The summed E-state index contributed by atoms with van der Waals surface area (Å²) < 4.78 is 42.5. The Kier molecular flexibility index (Phi) is 5.16. The lowest BCUT2D eigenvalue weighted by Gasteiger charge is -2.12. The molecule has 0 aliphatic heterocycles. The number of benzene rings is 2. The van der Waals surface area contributed by atoms with E-state index >= 15 is 0 Å². The molecule has 0 heterocycles. The second-order valence-corrected chi connectivity index (χ2v) is 4.88. The highest BCUT2D eigenvalue weighted by molar-refractivity contribution is 6.01. The van der Waals surface area contributed by atoms with Crippen molar-refractivity contribution >= 4 is 23.4 Å². The van der Waals surface area contributed by atoms with Crippen LogP contribution in [0.4, 0.5) is 29.3 Å². The van der Waals surface area contributed by atoms with Crippen LogP contribution in [-0.2, 0) is 10.9 Å². The highest BCUT2D eigenvalue weighted by Crippen LogP contribution is 2.31. The van der Waals surface area contributed by atoms with Crippen LogP contribution in [0.5, 0.6) is 5.75 Å². The first kappa shape index (κ1) is 18.1. The van der Waals surface area contributed by atoms with Gasteiger partial charge in [0.05, 0.1) is 23.9 Å². The van der Waals surface area contributed by atoms with Gasteiger partial charge in [0.25, 0.3) is 0 Å². The van der Waals surface area contributed by atoms with E-state index in [1.54, 1.807) is 0 Å². The highest BCUT2D eigenvalue weighted by atomic mass is 19.4. The number of amides is 2. The Labute approximate surface area is 140 Å². The smallest absolute Gasteiger partial charge is 0.416 e. The molecule has 3 N–H and O–H groups in total. The van der Waals surface area contributed by atoms with Crippen molar-refractivity contribution in [3.63, 3.8) is 0 Å². The SMILES string of the molecule is COC(=O)c1ccc(O)c(NC(=O)Nc2cccc(C(F)(F)F)c2)c1. The minimum atomic E-state index is -4.54. The lowest BCUT2D eigenvalue weighted by Crippen LogP contribution is -2.20. The van der Waals surface area contributed by atoms with Crippen LogP contribution in [0.1, 0.15) is 15.9 Å². The molecule has 0 spiro atoms. The Morgan fingerprint density at radius 1 is 1.08 bits per heavy atom. The average Bonchev–Trinajstić information content (AvgIpc) is 2.55. The molecule has 0 bridgehead atoms. The Bertz CT molecular complexity index is 806. The number of alkyl halides is 3. The van der Waals surface area contributed by atoms with E-state index in [0.717, 1.165) is 18.2 Å². The third-order valence-corrected chi connectivity index (χ3v) is 3.11. The van der Waals surface area contributed by atoms with Crippen molar-refractivity contribution in [1.29, 1.82) is 0 Å². The van der Waals surface area contributed by atoms with E-state index in [1.165, 1.54) is 31.4 Å². The Hall–Kier alpha value is -3.23. The van der Waals surface area contributed by atoms with Gasteiger partial charge >= 0.3 is 18.2 Å². The number of phenolic OH excluding ortho intramolecular Hbond substituents is 1. The molecule has 2 amide bonds. The molecule has 0 fully saturated rings. The van der Waals surface area contributed by atoms with Crippen LogP contribution in [0, 0.1) is 0 Å². The second kappa shape index (κ2) is 7.12. The number of urea groups is 1. The minimum Gasteiger partial charge on any atom is -0.506 e. The number of anilines is 2. The number of methoxy groups -OCH3 is 1. The van der Waals surface area contributed by atoms with E-state index in [9.17, 15) is 27.9 Å². The number of carbonyl (C=O) groups is 2. The van der Waals surface area contributed by atoms with Gasteiger partial charge in [0.15, 0.2) is 0 Å². The Morgan fingerprint density at radius 2 is 1.80 bits per heavy atom. The van der Waals surface area contributed by atoms with E-state index in [2.05, 4.69) is 15.4 Å². The predicted molar refractivity (Wildman–Crippen MR) is 83.5 cm³/mol. The number of ether oxygens (including phenoxy) is 1. The number of aromatic hydroxyl groups is 1. The van der Waals surface area contributed by atoms with Gasteiger partial charge < -0.3 is 20.5 Å². The number of phenols is 1. The van der Waals surface area contributed by atoms with Crippen LogP contribution in [0.3, 0.4) is 0 Å². The molecule has 0 atom stereocenters. The molecule has 0 radical (unpaired) electrons. The molecule has 0 unspecified atom stereocenters. The van der Waals surface area contributed by atoms with E-state index in [4.69, 9.17) is 0 Å². The zero-order valence-corrected chi connectivity index (χ0v) is 12.8. The molecular weight excluding hydrogens is 341 g/mol. The third-order valence-electron chi connectivity index (χ3n) is 3.11. The lowest BCUT2D eigenvalue weighted by atomic mass is 10.2. The standard InChI is InChI=1S/C16H13F3N2O4/c1-25-14(23)9-5-6-13(22)12(7-9)21-15(24)20-11-4-2-3-10(8-11)16(17,18)19/h2-8,22H,1H3,(H2,20,21,24). The van der Waals surface area contributed by atoms with Gasteiger partial charge in [-0.1, -0.05) is 6.07 Å². The number of esters is 1. The predicted octanol–water partition coefficient (Wildman–Crippen LogP) is 3.84. The largest absolute Gasteiger partial charge is 0.506 e. The van der Waals surface area contributed by atoms with Crippen molar-refractivity contribution in [1.82, 2.24) is 0 Å². The first-order chi connectivity index (χ1) is 11.7. The molecule has 132 valence electrons. The molecule has 2 aromatic rings. The summed E-state index contributed by atoms with van der Waals surface area (Å²) in [7, 11) is 1.17. The average molecular weight is 354 g/mol. The fraction of sp³-hybridized carbons (Fsp3) is 0.125. The number of halogens is 3. The fourth-order valence-corrected chi connectivity index (χ4v) is 1.94. The van der Waals surface area contributed by atoms with E-state index < -0.39 is 23.7 Å². The highest BCUT2D eigenvalue weighted by Gasteiger charge is 2.30. The number of rotatable bonds is 3. The monoisotopic (exact) mass is 354 g/mol. The van der Waals surface area contributed by atoms with Gasteiger partial charge in [-0.05, 0) is 36.4 Å². The van der Waals surface area contributed by atoms with Gasteiger partial charge in [0.1, 0.15) is 5.75 Å². The first-order valence-electron chi connectivity index (χ1n) is 6.87. The van der Waals surface area contributed by atoms with Crippen LogP contribution in [-0.4, -0.2) is 24.2 Å². The van der Waals surface area contributed by atoms with Gasteiger partial charge in [-0.15, -0.1) is 0 Å². The topological polar surface area (TPSA) is 87.7 Å². The minimum absolute atomic E-state index is 0.0784. The summed E-state index contributed by atoms with van der Waals surface area (Å²) in [5.74, 6) is -1.01. The number of hydrogen-bond acceptors (Lipinski definition) is 4. The summed E-state index contributed by atoms with van der Waals surface area (Å²) in [6, 6.07) is 6.80. The van der Waals surface area contributed by atoms with Gasteiger partial charge in [0.2, 0.25) is 0 Å². The summed E-state index contributed by atoms with van der Waals surface area (Å²) in [6.07, 6.45) is -4.54. The molecule has 9 heteroatoms. The quantitative estimate of drug-likeness (QED) is 0.577. The van der Waals surface area contributed by atoms with E-state index in [-0.39, 0.29) is 22.7 Å². The van der Waals surface area contributed by atoms with Gasteiger partial charge in [-0.3, -0.25) is 0 Å². The van der Waals surface area contributed by atoms with E-state index in [1.807, 2.05) is 0 Å². The van der Waals surface area contributed by atoms with Crippen molar-refractivity contribution in [3.8, 4) is 5.75 Å². The maximum atomic E-state index is 12.7. The molecule has 2 rings (SSSR count). The van der Waals surface area contributed by atoms with Crippen molar-refractivity contribution in [3.05, 3.63) is 53.6 Å². The number of nitrogens with one attached hydrogen (secondary N) is 2. The normalized spacial score (nSPS) is 10.9. The Morgan fingerprint density at radius 3 is 2.44 bits per heavy atom. The van der Waals surface area contributed by atoms with Crippen LogP contribution in [0.25, 0.3) is 0 Å². The maximum absolute atomic E-state index is 12.7. The van der Waals surface area contributed by atoms with Crippen LogP contribution < -0.4 is 10.6 Å². The first-order valence-corrected chi connectivity index (χ1v) is 6.87. The summed E-state index contributed by atoms with van der Waals surface area (Å²) in [6.45, 7) is 0. The van der Waals surface area contributed by atoms with Crippen molar-refractivity contribution in [2.45, 2.75) is 6.18 Å². The molecule has 25 heavy (non-hydrogen) atoms. The molecule has 0 aliphatic carbocycles. The van der Waals surface area contributed by atoms with Gasteiger partial charge in [-0.25, -0.2) is 9.59 Å². The number of carbonyl (C=O) groups excluding carboxylic acids is 2. The summed E-state index contributed by atoms with van der Waals surface area (Å²) in [5, 5.41) is 14.2. The molecule has 6 nitrogen and oxygen atoms in total. The molecule has 0 saturated carbocycles. The lowest BCUT2D eigenvalue weighted by molar-refractivity contribution is -0.137. The van der Waals surface area contributed by atoms with Crippen molar-refractivity contribution in [2.24, 2.45) is 0 Å². The Balaban J connectivity index is 2.14. The zero-order chi connectivity index (χ0) is 18.6. The molecule has 0 saturated heterocycles. The molecule has 0 aromatic heterocycles. The summed E-state index contributed by atoms with van der Waals surface area (Å²) in [4.78, 5) is 23.4. The van der Waals surface area contributed by atoms with Crippen molar-refractivity contribution in [2.75, 3.05) is 17.7 Å². The molecule has 0 aliphatic rings. The summed E-state index contributed by atoms with van der Waals surface area (Å²) in [5.41, 5.74) is -1.03. The van der Waals surface area contributed by atoms with Crippen LogP contribution in [0.2, 0.25) is 0 Å². The van der Waals surface area contributed by atoms with E-state index in [0.29, 0.717) is 0 Å². The zero-order valence-electron chi connectivity index (χ0n) is 12.8. The summed E-state index contributed by atoms with van der Waals surface area (Å²) >= 11 is 0. The van der Waals surface area contributed by atoms with Crippen LogP contribution in [0.15, 0.2) is 42.5 Å². The third kappa shape index (κ3) is 4.63. The maximum Gasteiger partial charge on any atom is 0.416 e. The van der Waals surface area contributed by atoms with Gasteiger partial charge in [-0.2, -0.15) is 13.2 Å². The molecule has 2 aromatic carbocycles. The molecular formula is C16H13F3N2O4. The number of hydrogen-bond donors (Lipinski definition) is 3.